The van der Waals surface area contributed by atoms with Gasteiger partial charge in [-0.15, -0.1) is 10.2 Å². The van der Waals surface area contributed by atoms with Crippen LogP contribution >= 0.6 is 35.0 Å². The van der Waals surface area contributed by atoms with Gasteiger partial charge in [0.05, 0.1) is 10.8 Å². The van der Waals surface area contributed by atoms with Crippen LogP contribution < -0.4 is 10.1 Å². The smallest absolute Gasteiger partial charge is 0.234 e. The van der Waals surface area contributed by atoms with Crippen molar-refractivity contribution < 1.29 is 13.9 Å². The first kappa shape index (κ1) is 22.4. The molecule has 0 fully saturated rings. The van der Waals surface area contributed by atoms with Crippen LogP contribution in [0.4, 0.5) is 10.1 Å². The predicted octanol–water partition coefficient (Wildman–Crippen LogP) is 5.61. The highest BCUT2D eigenvalue weighted by Crippen LogP contribution is 2.31. The summed E-state index contributed by atoms with van der Waals surface area (Å²) in [4.78, 5) is 12.2. The van der Waals surface area contributed by atoms with Gasteiger partial charge >= 0.3 is 0 Å². The van der Waals surface area contributed by atoms with Gasteiger partial charge in [-0.1, -0.05) is 35.0 Å². The van der Waals surface area contributed by atoms with E-state index in [0.29, 0.717) is 39.0 Å². The minimum atomic E-state index is -0.418. The van der Waals surface area contributed by atoms with E-state index in [1.54, 1.807) is 18.2 Å². The summed E-state index contributed by atoms with van der Waals surface area (Å²) in [6.07, 6.45) is -0.418. The summed E-state index contributed by atoms with van der Waals surface area (Å²) in [7, 11) is 0. The number of ether oxygens (including phenoxy) is 1. The van der Waals surface area contributed by atoms with Crippen LogP contribution in [0.25, 0.3) is 0 Å². The minimum absolute atomic E-state index is 0.133. The number of amides is 1. The molecule has 1 unspecified atom stereocenters. The van der Waals surface area contributed by atoms with E-state index in [4.69, 9.17) is 27.9 Å². The Morgan fingerprint density at radius 2 is 1.97 bits per heavy atom. The average molecular weight is 469 g/mol. The zero-order valence-corrected chi connectivity index (χ0v) is 18.6. The lowest BCUT2D eigenvalue weighted by Gasteiger charge is -2.16. The molecule has 30 heavy (non-hydrogen) atoms. The number of halogens is 3. The standard InChI is InChI=1S/C20H19Cl2FN4O2S/c1-3-27-19(12(2)29-17-9-4-13(21)10-16(17)22)25-26-20(27)30-11-18(28)24-15-7-5-14(23)6-8-15/h4-10,12H,3,11H2,1-2H3,(H,24,28). The van der Waals surface area contributed by atoms with Gasteiger partial charge in [0.15, 0.2) is 17.1 Å². The average Bonchev–Trinajstić information content (AvgIpc) is 3.13. The molecule has 2 aromatic carbocycles. The summed E-state index contributed by atoms with van der Waals surface area (Å²) >= 11 is 13.4. The molecule has 0 bridgehead atoms. The van der Waals surface area contributed by atoms with E-state index >= 15 is 0 Å². The number of nitrogens with one attached hydrogen (secondary N) is 1. The SMILES string of the molecule is CCn1c(SCC(=O)Nc2ccc(F)cc2)nnc1C(C)Oc1ccc(Cl)cc1Cl. The van der Waals surface area contributed by atoms with Crippen LogP contribution in [0.3, 0.4) is 0 Å². The van der Waals surface area contributed by atoms with Crippen molar-refractivity contribution in [3.63, 3.8) is 0 Å². The first-order valence-electron chi connectivity index (χ1n) is 9.10. The summed E-state index contributed by atoms with van der Waals surface area (Å²) in [5.41, 5.74) is 0.529. The van der Waals surface area contributed by atoms with E-state index in [9.17, 15) is 9.18 Å². The van der Waals surface area contributed by atoms with Gasteiger partial charge in [0.25, 0.3) is 0 Å². The molecule has 0 spiro atoms. The molecule has 3 aromatic rings. The molecule has 0 radical (unpaired) electrons. The second kappa shape index (κ2) is 10.1. The highest BCUT2D eigenvalue weighted by molar-refractivity contribution is 7.99. The second-order valence-electron chi connectivity index (χ2n) is 6.26. The molecular weight excluding hydrogens is 450 g/mol. The minimum Gasteiger partial charge on any atom is -0.481 e. The third-order valence-electron chi connectivity index (χ3n) is 4.08. The summed E-state index contributed by atoms with van der Waals surface area (Å²) in [5, 5.41) is 12.7. The van der Waals surface area contributed by atoms with E-state index in [1.165, 1.54) is 36.0 Å². The van der Waals surface area contributed by atoms with Crippen LogP contribution in [0, 0.1) is 5.82 Å². The molecule has 1 N–H and O–H groups in total. The van der Waals surface area contributed by atoms with Gasteiger partial charge in [0.2, 0.25) is 5.91 Å². The van der Waals surface area contributed by atoms with Gasteiger partial charge < -0.3 is 14.6 Å². The summed E-state index contributed by atoms with van der Waals surface area (Å²) < 4.78 is 20.8. The highest BCUT2D eigenvalue weighted by atomic mass is 35.5. The molecule has 0 saturated carbocycles. The highest BCUT2D eigenvalue weighted by Gasteiger charge is 2.20. The summed E-state index contributed by atoms with van der Waals surface area (Å²) in [5.74, 6) is 0.656. The third-order valence-corrected chi connectivity index (χ3v) is 5.58. The van der Waals surface area contributed by atoms with Gasteiger partial charge in [-0.25, -0.2) is 4.39 Å². The lowest BCUT2D eigenvalue weighted by molar-refractivity contribution is -0.113. The normalized spacial score (nSPS) is 11.9. The maximum atomic E-state index is 13.0. The largest absolute Gasteiger partial charge is 0.481 e. The van der Waals surface area contributed by atoms with E-state index < -0.39 is 6.10 Å². The fourth-order valence-electron chi connectivity index (χ4n) is 2.68. The number of thioether (sulfide) groups is 1. The molecule has 1 amide bonds. The van der Waals surface area contributed by atoms with Gasteiger partial charge in [-0.2, -0.15) is 0 Å². The Labute approximate surface area is 187 Å². The number of hydrogen-bond acceptors (Lipinski definition) is 5. The summed E-state index contributed by atoms with van der Waals surface area (Å²) in [6, 6.07) is 10.6. The lowest BCUT2D eigenvalue weighted by atomic mass is 10.3. The van der Waals surface area contributed by atoms with Crippen molar-refractivity contribution in [3.05, 3.63) is 64.2 Å². The monoisotopic (exact) mass is 468 g/mol. The van der Waals surface area contributed by atoms with Crippen molar-refractivity contribution in [3.8, 4) is 5.75 Å². The molecule has 1 atom stereocenters. The van der Waals surface area contributed by atoms with Crippen LogP contribution in [-0.2, 0) is 11.3 Å². The van der Waals surface area contributed by atoms with Crippen LogP contribution in [0.2, 0.25) is 10.0 Å². The maximum absolute atomic E-state index is 13.0. The number of hydrogen-bond donors (Lipinski definition) is 1. The van der Waals surface area contributed by atoms with Crippen molar-refractivity contribution in [2.24, 2.45) is 0 Å². The summed E-state index contributed by atoms with van der Waals surface area (Å²) in [6.45, 7) is 4.40. The van der Waals surface area contributed by atoms with Crippen molar-refractivity contribution >= 4 is 46.6 Å². The fraction of sp³-hybridized carbons (Fsp3) is 0.250. The number of anilines is 1. The van der Waals surface area contributed by atoms with Crippen LogP contribution in [-0.4, -0.2) is 26.4 Å². The van der Waals surface area contributed by atoms with E-state index in [1.807, 2.05) is 18.4 Å². The van der Waals surface area contributed by atoms with Crippen molar-refractivity contribution in [1.82, 2.24) is 14.8 Å². The zero-order chi connectivity index (χ0) is 21.7. The first-order valence-corrected chi connectivity index (χ1v) is 10.8. The Bertz CT molecular complexity index is 1030. The molecule has 0 saturated heterocycles. The Morgan fingerprint density at radius 3 is 2.63 bits per heavy atom. The molecule has 1 aromatic heterocycles. The third kappa shape index (κ3) is 5.65. The van der Waals surface area contributed by atoms with E-state index in [2.05, 4.69) is 15.5 Å². The van der Waals surface area contributed by atoms with Crippen molar-refractivity contribution in [1.29, 1.82) is 0 Å². The van der Waals surface area contributed by atoms with E-state index in [-0.39, 0.29) is 17.5 Å². The van der Waals surface area contributed by atoms with Gasteiger partial charge in [0.1, 0.15) is 11.6 Å². The molecule has 6 nitrogen and oxygen atoms in total. The number of carbonyl (C=O) groups excluding carboxylic acids is 1. The quantitative estimate of drug-likeness (QED) is 0.434. The van der Waals surface area contributed by atoms with Gasteiger partial charge in [-0.3, -0.25) is 4.79 Å². The number of carbonyl (C=O) groups is 1. The Kier molecular flexibility index (Phi) is 7.58. The lowest BCUT2D eigenvalue weighted by Crippen LogP contribution is -2.15. The Balaban J connectivity index is 1.64. The number of aromatic nitrogens is 3. The Hall–Kier alpha value is -2.29. The molecule has 1 heterocycles. The molecule has 3 rings (SSSR count). The molecule has 0 aliphatic heterocycles. The van der Waals surface area contributed by atoms with Gasteiger partial charge in [0, 0.05) is 17.3 Å². The maximum Gasteiger partial charge on any atom is 0.234 e. The topological polar surface area (TPSA) is 69.0 Å². The molecule has 10 heteroatoms. The number of benzene rings is 2. The zero-order valence-electron chi connectivity index (χ0n) is 16.2. The molecule has 0 aliphatic carbocycles. The Morgan fingerprint density at radius 1 is 1.23 bits per heavy atom. The van der Waals surface area contributed by atoms with Crippen LogP contribution in [0.5, 0.6) is 5.75 Å². The number of nitrogens with zero attached hydrogens (tertiary/aromatic N) is 3. The molecular formula is C20H19Cl2FN4O2S. The van der Waals surface area contributed by atoms with Crippen LogP contribution in [0.15, 0.2) is 47.6 Å². The molecule has 158 valence electrons. The van der Waals surface area contributed by atoms with Crippen molar-refractivity contribution in [2.45, 2.75) is 31.7 Å². The number of rotatable bonds is 8. The molecule has 0 aliphatic rings. The first-order chi connectivity index (χ1) is 14.4. The second-order valence-corrected chi connectivity index (χ2v) is 8.05. The van der Waals surface area contributed by atoms with Gasteiger partial charge in [-0.05, 0) is 56.3 Å². The van der Waals surface area contributed by atoms with Crippen molar-refractivity contribution in [2.75, 3.05) is 11.1 Å². The van der Waals surface area contributed by atoms with Crippen LogP contribution in [0.1, 0.15) is 25.8 Å². The fourth-order valence-corrected chi connectivity index (χ4v) is 3.94. The van der Waals surface area contributed by atoms with E-state index in [0.717, 1.165) is 0 Å². The predicted molar refractivity (Wildman–Crippen MR) is 117 cm³/mol.